The molecule has 0 atom stereocenters. The first-order chi connectivity index (χ1) is 7.61. The van der Waals surface area contributed by atoms with Gasteiger partial charge in [-0.1, -0.05) is 0 Å². The summed E-state index contributed by atoms with van der Waals surface area (Å²) in [7, 11) is 1.81. The van der Waals surface area contributed by atoms with Gasteiger partial charge in [-0.3, -0.25) is 4.90 Å². The fourth-order valence-corrected chi connectivity index (χ4v) is 3.00. The van der Waals surface area contributed by atoms with Crippen LogP contribution in [0, 0.1) is 5.92 Å². The fourth-order valence-electron chi connectivity index (χ4n) is 3.00. The van der Waals surface area contributed by atoms with Crippen molar-refractivity contribution in [2.75, 3.05) is 20.2 Å². The Balaban J connectivity index is 1.98. The van der Waals surface area contributed by atoms with E-state index in [4.69, 9.17) is 10.5 Å². The Morgan fingerprint density at radius 2 is 2.00 bits per heavy atom. The molecule has 2 fully saturated rings. The third-order valence-electron chi connectivity index (χ3n) is 4.31. The van der Waals surface area contributed by atoms with Crippen molar-refractivity contribution in [3.05, 3.63) is 0 Å². The van der Waals surface area contributed by atoms with Gasteiger partial charge in [0.25, 0.3) is 0 Å². The predicted molar refractivity (Wildman–Crippen MR) is 66.4 cm³/mol. The van der Waals surface area contributed by atoms with Gasteiger partial charge in [0.05, 0.1) is 6.10 Å². The third kappa shape index (κ3) is 2.27. The first kappa shape index (κ1) is 12.3. The van der Waals surface area contributed by atoms with Crippen molar-refractivity contribution in [3.8, 4) is 0 Å². The Morgan fingerprint density at radius 1 is 1.38 bits per heavy atom. The SMILES string of the molecule is COC1CC(CN)(N(CC2CC2)C(C)C)C1. The zero-order valence-electron chi connectivity index (χ0n) is 10.9. The number of rotatable bonds is 6. The van der Waals surface area contributed by atoms with E-state index in [0.29, 0.717) is 12.1 Å². The molecule has 2 aliphatic rings. The molecule has 0 heterocycles. The molecule has 0 amide bonds. The van der Waals surface area contributed by atoms with Crippen LogP contribution in [0.4, 0.5) is 0 Å². The van der Waals surface area contributed by atoms with Crippen LogP contribution in [0.3, 0.4) is 0 Å². The molecule has 0 spiro atoms. The Kier molecular flexibility index (Phi) is 3.57. The van der Waals surface area contributed by atoms with Gasteiger partial charge in [0, 0.05) is 31.8 Å². The number of hydrogen-bond donors (Lipinski definition) is 1. The summed E-state index contributed by atoms with van der Waals surface area (Å²) in [6.45, 7) is 6.60. The summed E-state index contributed by atoms with van der Waals surface area (Å²) in [6.07, 6.45) is 5.49. The lowest BCUT2D eigenvalue weighted by Crippen LogP contribution is -2.65. The van der Waals surface area contributed by atoms with E-state index in [1.165, 1.54) is 19.4 Å². The monoisotopic (exact) mass is 226 g/mol. The summed E-state index contributed by atoms with van der Waals surface area (Å²) in [5.41, 5.74) is 6.26. The maximum Gasteiger partial charge on any atom is 0.0607 e. The van der Waals surface area contributed by atoms with Gasteiger partial charge in [-0.2, -0.15) is 0 Å². The molecule has 0 aromatic carbocycles. The van der Waals surface area contributed by atoms with Gasteiger partial charge in [0.15, 0.2) is 0 Å². The van der Waals surface area contributed by atoms with Crippen molar-refractivity contribution in [2.24, 2.45) is 11.7 Å². The van der Waals surface area contributed by atoms with E-state index in [1.807, 2.05) is 7.11 Å². The second-order valence-corrected chi connectivity index (χ2v) is 5.88. The smallest absolute Gasteiger partial charge is 0.0607 e. The molecule has 2 rings (SSSR count). The minimum Gasteiger partial charge on any atom is -0.381 e. The average molecular weight is 226 g/mol. The van der Waals surface area contributed by atoms with Crippen LogP contribution >= 0.6 is 0 Å². The van der Waals surface area contributed by atoms with Crippen LogP contribution in [0.25, 0.3) is 0 Å². The van der Waals surface area contributed by atoms with Crippen molar-refractivity contribution in [1.82, 2.24) is 4.90 Å². The molecule has 0 saturated heterocycles. The predicted octanol–water partition coefficient (Wildman–Crippen LogP) is 1.61. The van der Waals surface area contributed by atoms with Gasteiger partial charge in [0.2, 0.25) is 0 Å². The Morgan fingerprint density at radius 3 is 2.38 bits per heavy atom. The molecular formula is C13H26N2O. The van der Waals surface area contributed by atoms with Crippen LogP contribution in [-0.2, 0) is 4.74 Å². The molecule has 0 unspecified atom stereocenters. The topological polar surface area (TPSA) is 38.5 Å². The maximum absolute atomic E-state index is 6.02. The first-order valence-electron chi connectivity index (χ1n) is 6.61. The highest BCUT2D eigenvalue weighted by Crippen LogP contribution is 2.42. The van der Waals surface area contributed by atoms with Gasteiger partial charge >= 0.3 is 0 Å². The molecule has 94 valence electrons. The van der Waals surface area contributed by atoms with Crippen molar-refractivity contribution in [2.45, 2.75) is 57.2 Å². The highest BCUT2D eigenvalue weighted by Gasteiger charge is 2.49. The highest BCUT2D eigenvalue weighted by molar-refractivity contribution is 5.06. The van der Waals surface area contributed by atoms with E-state index in [0.717, 1.165) is 25.3 Å². The Hall–Kier alpha value is -0.120. The van der Waals surface area contributed by atoms with Crippen LogP contribution in [0.1, 0.15) is 39.5 Å². The van der Waals surface area contributed by atoms with Gasteiger partial charge in [-0.15, -0.1) is 0 Å². The van der Waals surface area contributed by atoms with E-state index in [-0.39, 0.29) is 5.54 Å². The van der Waals surface area contributed by atoms with Crippen LogP contribution in [0.5, 0.6) is 0 Å². The van der Waals surface area contributed by atoms with Crippen LogP contribution in [0.15, 0.2) is 0 Å². The zero-order valence-corrected chi connectivity index (χ0v) is 10.9. The number of nitrogens with two attached hydrogens (primary N) is 1. The number of hydrogen-bond acceptors (Lipinski definition) is 3. The summed E-state index contributed by atoms with van der Waals surface area (Å²) in [6, 6.07) is 0.599. The molecular weight excluding hydrogens is 200 g/mol. The van der Waals surface area contributed by atoms with Crippen molar-refractivity contribution >= 4 is 0 Å². The summed E-state index contributed by atoms with van der Waals surface area (Å²) < 4.78 is 5.41. The summed E-state index contributed by atoms with van der Waals surface area (Å²) in [5.74, 6) is 0.937. The molecule has 3 heteroatoms. The number of ether oxygens (including phenoxy) is 1. The van der Waals surface area contributed by atoms with E-state index in [2.05, 4.69) is 18.7 Å². The van der Waals surface area contributed by atoms with Crippen LogP contribution < -0.4 is 5.73 Å². The third-order valence-corrected chi connectivity index (χ3v) is 4.31. The second-order valence-electron chi connectivity index (χ2n) is 5.88. The lowest BCUT2D eigenvalue weighted by molar-refractivity contribution is -0.0993. The normalized spacial score (nSPS) is 34.5. The maximum atomic E-state index is 6.02. The van der Waals surface area contributed by atoms with E-state index in [1.54, 1.807) is 0 Å². The molecule has 2 N–H and O–H groups in total. The Bertz CT molecular complexity index is 232. The summed E-state index contributed by atoms with van der Waals surface area (Å²) >= 11 is 0. The van der Waals surface area contributed by atoms with Crippen LogP contribution in [0.2, 0.25) is 0 Å². The molecule has 3 nitrogen and oxygen atoms in total. The van der Waals surface area contributed by atoms with Crippen molar-refractivity contribution in [3.63, 3.8) is 0 Å². The largest absolute Gasteiger partial charge is 0.381 e. The van der Waals surface area contributed by atoms with Gasteiger partial charge in [0.1, 0.15) is 0 Å². The lowest BCUT2D eigenvalue weighted by atomic mass is 9.72. The van der Waals surface area contributed by atoms with Gasteiger partial charge in [-0.05, 0) is 45.4 Å². The minimum atomic E-state index is 0.234. The molecule has 16 heavy (non-hydrogen) atoms. The van der Waals surface area contributed by atoms with Crippen molar-refractivity contribution in [1.29, 1.82) is 0 Å². The standard InChI is InChI=1S/C13H26N2O/c1-10(2)15(8-11-4-5-11)13(9-14)6-12(7-13)16-3/h10-12H,4-9,14H2,1-3H3. The summed E-state index contributed by atoms with van der Waals surface area (Å²) in [4.78, 5) is 2.64. The molecule has 0 aromatic rings. The van der Waals surface area contributed by atoms with Gasteiger partial charge in [-0.25, -0.2) is 0 Å². The molecule has 0 bridgehead atoms. The molecule has 0 radical (unpaired) electrons. The number of methoxy groups -OCH3 is 1. The number of nitrogens with zero attached hydrogens (tertiary/aromatic N) is 1. The highest BCUT2D eigenvalue weighted by atomic mass is 16.5. The Labute approximate surface area is 99.3 Å². The molecule has 0 aromatic heterocycles. The van der Waals surface area contributed by atoms with Gasteiger partial charge < -0.3 is 10.5 Å². The van der Waals surface area contributed by atoms with Crippen molar-refractivity contribution < 1.29 is 4.74 Å². The first-order valence-corrected chi connectivity index (χ1v) is 6.61. The zero-order chi connectivity index (χ0) is 11.8. The van der Waals surface area contributed by atoms with E-state index < -0.39 is 0 Å². The summed E-state index contributed by atoms with van der Waals surface area (Å²) in [5, 5.41) is 0. The fraction of sp³-hybridized carbons (Fsp3) is 1.00. The minimum absolute atomic E-state index is 0.234. The second kappa shape index (κ2) is 4.63. The van der Waals surface area contributed by atoms with E-state index in [9.17, 15) is 0 Å². The van der Waals surface area contributed by atoms with E-state index >= 15 is 0 Å². The molecule has 2 saturated carbocycles. The quantitative estimate of drug-likeness (QED) is 0.748. The molecule has 2 aliphatic carbocycles. The lowest BCUT2D eigenvalue weighted by Gasteiger charge is -2.55. The average Bonchev–Trinajstić information content (AvgIpc) is 2.99. The van der Waals surface area contributed by atoms with Crippen LogP contribution in [-0.4, -0.2) is 42.8 Å². The molecule has 0 aliphatic heterocycles.